The van der Waals surface area contributed by atoms with Gasteiger partial charge in [-0.15, -0.1) is 0 Å². The second-order valence-electron chi connectivity index (χ2n) is 9.72. The van der Waals surface area contributed by atoms with Gasteiger partial charge >= 0.3 is 0 Å². The summed E-state index contributed by atoms with van der Waals surface area (Å²) in [7, 11) is 1.55. The molecule has 0 spiro atoms. The minimum atomic E-state index is -0.325. The van der Waals surface area contributed by atoms with Crippen molar-refractivity contribution in [3.63, 3.8) is 0 Å². The Morgan fingerprint density at radius 3 is 2.56 bits per heavy atom. The molecule has 0 aromatic heterocycles. The Labute approximate surface area is 209 Å². The maximum atomic E-state index is 13.3. The van der Waals surface area contributed by atoms with Crippen molar-refractivity contribution in [2.75, 3.05) is 33.4 Å². The Morgan fingerprint density at radius 1 is 1.14 bits per heavy atom. The zero-order valence-corrected chi connectivity index (χ0v) is 20.6. The summed E-state index contributed by atoms with van der Waals surface area (Å²) in [6.45, 7) is 4.94. The molecule has 1 saturated carbocycles. The SMILES string of the molecule is CNC(=O)c1cc(C(=O)NC2C3CN(C(C)=O)C[C@H]32)cc2c1O[C@H](C)[C@H]2c1cccc(OCCO)c1. The smallest absolute Gasteiger partial charge is 0.254 e. The van der Waals surface area contributed by atoms with E-state index in [4.69, 9.17) is 14.6 Å². The predicted molar refractivity (Wildman–Crippen MR) is 131 cm³/mol. The number of hydrogen-bond acceptors (Lipinski definition) is 6. The largest absolute Gasteiger partial charge is 0.491 e. The highest BCUT2D eigenvalue weighted by atomic mass is 16.5. The summed E-state index contributed by atoms with van der Waals surface area (Å²) in [5.74, 6) is 0.953. The molecule has 5 atom stereocenters. The minimum Gasteiger partial charge on any atom is -0.491 e. The molecule has 3 amide bonds. The topological polar surface area (TPSA) is 117 Å². The maximum absolute atomic E-state index is 13.3. The van der Waals surface area contributed by atoms with Gasteiger partial charge in [0.05, 0.1) is 12.2 Å². The maximum Gasteiger partial charge on any atom is 0.254 e. The molecule has 0 radical (unpaired) electrons. The summed E-state index contributed by atoms with van der Waals surface area (Å²) in [5, 5.41) is 14.8. The standard InChI is InChI=1S/C27H31N3O6/c1-14-23(16-5-4-6-18(9-16)35-8-7-31)19-10-17(11-20(25(19)36-14)27(34)28-3)26(33)29-24-21-12-30(15(2)32)13-22(21)24/h4-6,9-11,14,21-24,31H,7-8,12-13H2,1-3H3,(H,28,34)(H,29,33)/t14-,21-,22?,23+,24?/m1/s1. The van der Waals surface area contributed by atoms with Gasteiger partial charge in [0, 0.05) is 62.0 Å². The van der Waals surface area contributed by atoms with Gasteiger partial charge in [-0.3, -0.25) is 14.4 Å². The number of amides is 3. The van der Waals surface area contributed by atoms with Gasteiger partial charge in [0.25, 0.3) is 11.8 Å². The molecule has 3 N–H and O–H groups in total. The van der Waals surface area contributed by atoms with Crippen LogP contribution in [0.4, 0.5) is 0 Å². The molecule has 1 saturated heterocycles. The van der Waals surface area contributed by atoms with Crippen LogP contribution in [0.3, 0.4) is 0 Å². The average molecular weight is 494 g/mol. The minimum absolute atomic E-state index is 0.0381. The Morgan fingerprint density at radius 2 is 1.89 bits per heavy atom. The molecule has 2 aromatic carbocycles. The molecule has 1 aliphatic carbocycles. The predicted octanol–water partition coefficient (Wildman–Crippen LogP) is 1.54. The number of rotatable bonds is 7. The van der Waals surface area contributed by atoms with Gasteiger partial charge in [0.15, 0.2) is 0 Å². The van der Waals surface area contributed by atoms with Gasteiger partial charge in [-0.1, -0.05) is 12.1 Å². The van der Waals surface area contributed by atoms with Crippen LogP contribution in [0.25, 0.3) is 0 Å². The first-order valence-electron chi connectivity index (χ1n) is 12.3. The summed E-state index contributed by atoms with van der Waals surface area (Å²) in [6.07, 6.45) is -0.268. The van der Waals surface area contributed by atoms with Crippen LogP contribution >= 0.6 is 0 Å². The Bertz CT molecular complexity index is 1200. The molecule has 3 aliphatic rings. The first kappa shape index (κ1) is 24.1. The van der Waals surface area contributed by atoms with E-state index in [0.29, 0.717) is 35.7 Å². The quantitative estimate of drug-likeness (QED) is 0.539. The van der Waals surface area contributed by atoms with Crippen molar-refractivity contribution in [3.05, 3.63) is 58.7 Å². The molecule has 2 aliphatic heterocycles. The number of carbonyl (C=O) groups is 3. The van der Waals surface area contributed by atoms with Crippen molar-refractivity contribution in [3.8, 4) is 11.5 Å². The number of likely N-dealkylation sites (tertiary alicyclic amines) is 1. The first-order valence-corrected chi connectivity index (χ1v) is 12.3. The van der Waals surface area contributed by atoms with Crippen LogP contribution in [0, 0.1) is 11.8 Å². The number of carbonyl (C=O) groups excluding carboxylic acids is 3. The van der Waals surface area contributed by atoms with Crippen molar-refractivity contribution < 1.29 is 29.0 Å². The van der Waals surface area contributed by atoms with E-state index in [-0.39, 0.29) is 60.8 Å². The number of ether oxygens (including phenoxy) is 2. The van der Waals surface area contributed by atoms with Crippen molar-refractivity contribution in [2.45, 2.75) is 31.9 Å². The van der Waals surface area contributed by atoms with Crippen molar-refractivity contribution in [2.24, 2.45) is 11.8 Å². The molecule has 5 rings (SSSR count). The van der Waals surface area contributed by atoms with Crippen LogP contribution < -0.4 is 20.1 Å². The number of nitrogens with zero attached hydrogens (tertiary/aromatic N) is 1. The van der Waals surface area contributed by atoms with Gasteiger partial charge < -0.3 is 30.1 Å². The van der Waals surface area contributed by atoms with Gasteiger partial charge in [-0.05, 0) is 36.8 Å². The summed E-state index contributed by atoms with van der Waals surface area (Å²) in [4.78, 5) is 39.5. The van der Waals surface area contributed by atoms with Gasteiger partial charge in [0.2, 0.25) is 5.91 Å². The van der Waals surface area contributed by atoms with Crippen molar-refractivity contribution in [1.82, 2.24) is 15.5 Å². The molecule has 9 heteroatoms. The van der Waals surface area contributed by atoms with Crippen LogP contribution in [-0.4, -0.2) is 73.2 Å². The Balaban J connectivity index is 1.44. The highest BCUT2D eigenvalue weighted by Gasteiger charge is 2.57. The van der Waals surface area contributed by atoms with Crippen LogP contribution in [0.5, 0.6) is 11.5 Å². The Kier molecular flexibility index (Phi) is 6.34. The number of aliphatic hydroxyl groups is 1. The number of hydrogen-bond donors (Lipinski definition) is 3. The molecule has 2 fully saturated rings. The molecule has 9 nitrogen and oxygen atoms in total. The monoisotopic (exact) mass is 493 g/mol. The number of nitrogens with one attached hydrogen (secondary N) is 2. The fraction of sp³-hybridized carbons (Fsp3) is 0.444. The molecular weight excluding hydrogens is 462 g/mol. The molecule has 2 heterocycles. The third kappa shape index (κ3) is 4.28. The molecule has 36 heavy (non-hydrogen) atoms. The van der Waals surface area contributed by atoms with Crippen molar-refractivity contribution >= 4 is 17.7 Å². The summed E-state index contributed by atoms with van der Waals surface area (Å²) in [6, 6.07) is 11.0. The van der Waals surface area contributed by atoms with Gasteiger partial charge in [-0.2, -0.15) is 0 Å². The summed E-state index contributed by atoms with van der Waals surface area (Å²) < 4.78 is 11.7. The zero-order chi connectivity index (χ0) is 25.6. The first-order chi connectivity index (χ1) is 17.3. The number of piperidine rings is 1. The number of fused-ring (bicyclic) bond motifs is 2. The average Bonchev–Trinajstić information content (AvgIpc) is 3.19. The van der Waals surface area contributed by atoms with Crippen LogP contribution in [0.1, 0.15) is 51.6 Å². The molecule has 2 aromatic rings. The van der Waals surface area contributed by atoms with E-state index in [0.717, 1.165) is 11.1 Å². The highest BCUT2D eigenvalue weighted by molar-refractivity contribution is 6.02. The third-order valence-electron chi connectivity index (χ3n) is 7.47. The molecule has 190 valence electrons. The lowest BCUT2D eigenvalue weighted by Crippen LogP contribution is -2.36. The van der Waals surface area contributed by atoms with E-state index in [1.807, 2.05) is 42.2 Å². The van der Waals surface area contributed by atoms with Crippen LogP contribution in [0.2, 0.25) is 0 Å². The van der Waals surface area contributed by atoms with E-state index in [2.05, 4.69) is 10.6 Å². The van der Waals surface area contributed by atoms with E-state index < -0.39 is 0 Å². The number of aliphatic hydroxyl groups excluding tert-OH is 1. The summed E-state index contributed by atoms with van der Waals surface area (Å²) >= 11 is 0. The molecular formula is C27H31N3O6. The normalized spacial score (nSPS) is 25.4. The van der Waals surface area contributed by atoms with Gasteiger partial charge in [-0.25, -0.2) is 0 Å². The molecule has 0 bridgehead atoms. The fourth-order valence-electron chi connectivity index (χ4n) is 5.60. The van der Waals surface area contributed by atoms with Gasteiger partial charge in [0.1, 0.15) is 24.2 Å². The number of benzene rings is 2. The van der Waals surface area contributed by atoms with Crippen LogP contribution in [0.15, 0.2) is 36.4 Å². The molecule has 2 unspecified atom stereocenters. The lowest BCUT2D eigenvalue weighted by atomic mass is 9.86. The zero-order valence-electron chi connectivity index (χ0n) is 20.6. The van der Waals surface area contributed by atoms with Crippen molar-refractivity contribution in [1.29, 1.82) is 0 Å². The van der Waals surface area contributed by atoms with E-state index in [1.54, 1.807) is 20.0 Å². The van der Waals surface area contributed by atoms with Crippen LogP contribution in [-0.2, 0) is 4.79 Å². The third-order valence-corrected chi connectivity index (χ3v) is 7.47. The van der Waals surface area contributed by atoms with E-state index >= 15 is 0 Å². The fourth-order valence-corrected chi connectivity index (χ4v) is 5.60. The van der Waals surface area contributed by atoms with E-state index in [1.165, 1.54) is 0 Å². The Hall–Kier alpha value is -3.59. The second kappa shape index (κ2) is 9.46. The lowest BCUT2D eigenvalue weighted by Gasteiger charge is -2.19. The second-order valence-corrected chi connectivity index (χ2v) is 9.72. The summed E-state index contributed by atoms with van der Waals surface area (Å²) in [5.41, 5.74) is 2.42. The highest BCUT2D eigenvalue weighted by Crippen LogP contribution is 2.47. The lowest BCUT2D eigenvalue weighted by molar-refractivity contribution is -0.128. The van der Waals surface area contributed by atoms with E-state index in [9.17, 15) is 14.4 Å².